The summed E-state index contributed by atoms with van der Waals surface area (Å²) in [5.74, 6) is -0.405. The summed E-state index contributed by atoms with van der Waals surface area (Å²) in [4.78, 5) is 13.2. The van der Waals surface area contributed by atoms with Crippen LogP contribution < -0.4 is 5.73 Å². The second kappa shape index (κ2) is 5.64. The summed E-state index contributed by atoms with van der Waals surface area (Å²) in [6.45, 7) is 3.98. The van der Waals surface area contributed by atoms with E-state index in [1.165, 1.54) is 0 Å². The highest BCUT2D eigenvalue weighted by atomic mass is 16.1. The van der Waals surface area contributed by atoms with E-state index in [1.54, 1.807) is 12.1 Å². The molecule has 0 aliphatic carbocycles. The minimum atomic E-state index is -0.405. The Morgan fingerprint density at radius 2 is 1.83 bits per heavy atom. The maximum Gasteiger partial charge on any atom is 0.248 e. The van der Waals surface area contributed by atoms with E-state index in [-0.39, 0.29) is 0 Å². The van der Waals surface area contributed by atoms with Crippen molar-refractivity contribution in [3.05, 3.63) is 35.4 Å². The van der Waals surface area contributed by atoms with Crippen LogP contribution in [0.15, 0.2) is 29.4 Å². The molecule has 18 heavy (non-hydrogen) atoms. The molecule has 1 fully saturated rings. The van der Waals surface area contributed by atoms with Gasteiger partial charge in [-0.25, -0.2) is 0 Å². The normalized spacial score (nSPS) is 17.3. The first-order valence-corrected chi connectivity index (χ1v) is 6.02. The zero-order valence-corrected chi connectivity index (χ0v) is 10.5. The molecule has 1 aliphatic heterocycles. The van der Waals surface area contributed by atoms with Gasteiger partial charge in [-0.1, -0.05) is 12.1 Å². The molecule has 1 heterocycles. The molecule has 5 heteroatoms. The summed E-state index contributed by atoms with van der Waals surface area (Å²) in [5.41, 5.74) is 6.67. The Morgan fingerprint density at radius 3 is 2.39 bits per heavy atom. The number of benzene rings is 1. The molecular formula is C13H18N4O. The highest BCUT2D eigenvalue weighted by Gasteiger charge is 2.10. The van der Waals surface area contributed by atoms with Gasteiger partial charge in [0.05, 0.1) is 6.21 Å². The maximum absolute atomic E-state index is 10.9. The summed E-state index contributed by atoms with van der Waals surface area (Å²) in [6.07, 6.45) is 1.82. The van der Waals surface area contributed by atoms with Crippen molar-refractivity contribution in [3.63, 3.8) is 0 Å². The summed E-state index contributed by atoms with van der Waals surface area (Å²) >= 11 is 0. The molecule has 2 rings (SSSR count). The van der Waals surface area contributed by atoms with Crippen molar-refractivity contribution in [2.75, 3.05) is 33.2 Å². The Hall–Kier alpha value is -1.88. The van der Waals surface area contributed by atoms with Crippen LogP contribution in [-0.2, 0) is 0 Å². The van der Waals surface area contributed by atoms with Crippen LogP contribution in [0.25, 0.3) is 0 Å². The molecule has 0 radical (unpaired) electrons. The molecule has 1 aromatic rings. The van der Waals surface area contributed by atoms with Crippen molar-refractivity contribution >= 4 is 12.1 Å². The lowest BCUT2D eigenvalue weighted by Gasteiger charge is -2.30. The first-order chi connectivity index (χ1) is 8.65. The minimum Gasteiger partial charge on any atom is -0.366 e. The number of rotatable bonds is 3. The molecule has 1 aliphatic rings. The lowest BCUT2D eigenvalue weighted by molar-refractivity contribution is 0.100. The van der Waals surface area contributed by atoms with Crippen LogP contribution in [-0.4, -0.2) is 55.3 Å². The van der Waals surface area contributed by atoms with E-state index in [0.29, 0.717) is 5.56 Å². The number of nitrogens with two attached hydrogens (primary N) is 1. The molecule has 5 nitrogen and oxygen atoms in total. The van der Waals surface area contributed by atoms with Gasteiger partial charge in [-0.3, -0.25) is 9.80 Å². The van der Waals surface area contributed by atoms with Gasteiger partial charge < -0.3 is 10.6 Å². The SMILES string of the molecule is CN1CCN(N=Cc2ccc(C(N)=O)cc2)CC1. The molecule has 0 bridgehead atoms. The predicted molar refractivity (Wildman–Crippen MR) is 71.6 cm³/mol. The number of hydrogen-bond acceptors (Lipinski definition) is 4. The molecule has 96 valence electrons. The Bertz CT molecular complexity index is 433. The Balaban J connectivity index is 1.94. The molecule has 0 aromatic heterocycles. The third-order valence-electron chi connectivity index (χ3n) is 3.04. The smallest absolute Gasteiger partial charge is 0.248 e. The van der Waals surface area contributed by atoms with E-state index in [1.807, 2.05) is 18.3 Å². The van der Waals surface area contributed by atoms with Gasteiger partial charge in [-0.2, -0.15) is 5.10 Å². The quantitative estimate of drug-likeness (QED) is 0.784. The van der Waals surface area contributed by atoms with Crippen molar-refractivity contribution in [1.29, 1.82) is 0 Å². The standard InChI is InChI=1S/C13H18N4O/c1-16-6-8-17(9-7-16)15-10-11-2-4-12(5-3-11)13(14)18/h2-5,10H,6-9H2,1H3,(H2,14,18). The van der Waals surface area contributed by atoms with Gasteiger partial charge in [0.25, 0.3) is 0 Å². The predicted octanol–water partition coefficient (Wildman–Crippen LogP) is 0.367. The van der Waals surface area contributed by atoms with Gasteiger partial charge in [0.2, 0.25) is 5.91 Å². The number of hydrogen-bond donors (Lipinski definition) is 1. The maximum atomic E-state index is 10.9. The summed E-state index contributed by atoms with van der Waals surface area (Å²) in [6, 6.07) is 7.13. The van der Waals surface area contributed by atoms with Crippen LogP contribution in [0.3, 0.4) is 0 Å². The zero-order chi connectivity index (χ0) is 13.0. The number of primary amides is 1. The van der Waals surface area contributed by atoms with E-state index in [4.69, 9.17) is 5.73 Å². The highest BCUT2D eigenvalue weighted by molar-refractivity contribution is 5.93. The highest BCUT2D eigenvalue weighted by Crippen LogP contribution is 2.03. The fourth-order valence-electron chi connectivity index (χ4n) is 1.79. The van der Waals surface area contributed by atoms with Crippen molar-refractivity contribution < 1.29 is 4.79 Å². The van der Waals surface area contributed by atoms with E-state index >= 15 is 0 Å². The van der Waals surface area contributed by atoms with E-state index in [2.05, 4.69) is 22.1 Å². The summed E-state index contributed by atoms with van der Waals surface area (Å²) in [5, 5.41) is 6.49. The lowest BCUT2D eigenvalue weighted by atomic mass is 10.1. The van der Waals surface area contributed by atoms with E-state index < -0.39 is 5.91 Å². The van der Waals surface area contributed by atoms with Crippen LogP contribution in [0.1, 0.15) is 15.9 Å². The molecule has 1 amide bonds. The van der Waals surface area contributed by atoms with Crippen LogP contribution in [0.2, 0.25) is 0 Å². The Morgan fingerprint density at radius 1 is 1.22 bits per heavy atom. The summed E-state index contributed by atoms with van der Waals surface area (Å²) < 4.78 is 0. The van der Waals surface area contributed by atoms with Crippen molar-refractivity contribution in [3.8, 4) is 0 Å². The number of likely N-dealkylation sites (N-methyl/N-ethyl adjacent to an activating group) is 1. The van der Waals surface area contributed by atoms with Gasteiger partial charge >= 0.3 is 0 Å². The van der Waals surface area contributed by atoms with Crippen LogP contribution in [0, 0.1) is 0 Å². The Kier molecular flexibility index (Phi) is 3.94. The van der Waals surface area contributed by atoms with Crippen molar-refractivity contribution in [2.24, 2.45) is 10.8 Å². The number of carbonyl (C=O) groups is 1. The third-order valence-corrected chi connectivity index (χ3v) is 3.04. The molecule has 1 saturated heterocycles. The molecule has 2 N–H and O–H groups in total. The largest absolute Gasteiger partial charge is 0.366 e. The van der Waals surface area contributed by atoms with Gasteiger partial charge in [-0.05, 0) is 24.7 Å². The fourth-order valence-corrected chi connectivity index (χ4v) is 1.79. The fraction of sp³-hybridized carbons (Fsp3) is 0.385. The third kappa shape index (κ3) is 3.30. The van der Waals surface area contributed by atoms with Crippen LogP contribution >= 0.6 is 0 Å². The monoisotopic (exact) mass is 246 g/mol. The average Bonchev–Trinajstić information content (AvgIpc) is 2.38. The average molecular weight is 246 g/mol. The number of hydrazone groups is 1. The minimum absolute atomic E-state index is 0.405. The number of amides is 1. The van der Waals surface area contributed by atoms with Gasteiger partial charge in [0.15, 0.2) is 0 Å². The second-order valence-electron chi connectivity index (χ2n) is 4.49. The summed E-state index contributed by atoms with van der Waals surface area (Å²) in [7, 11) is 2.11. The molecule has 1 aromatic carbocycles. The number of carbonyl (C=O) groups excluding carboxylic acids is 1. The first-order valence-electron chi connectivity index (χ1n) is 6.02. The van der Waals surface area contributed by atoms with Gasteiger partial charge in [0, 0.05) is 31.7 Å². The molecule has 0 spiro atoms. The van der Waals surface area contributed by atoms with E-state index in [0.717, 1.165) is 31.7 Å². The molecular weight excluding hydrogens is 228 g/mol. The van der Waals surface area contributed by atoms with Crippen LogP contribution in [0.4, 0.5) is 0 Å². The Labute approximate surface area is 107 Å². The van der Waals surface area contributed by atoms with Crippen molar-refractivity contribution in [2.45, 2.75) is 0 Å². The topological polar surface area (TPSA) is 61.9 Å². The van der Waals surface area contributed by atoms with Gasteiger partial charge in [0.1, 0.15) is 0 Å². The first kappa shape index (κ1) is 12.6. The molecule has 0 saturated carbocycles. The second-order valence-corrected chi connectivity index (χ2v) is 4.49. The molecule has 0 unspecified atom stereocenters. The van der Waals surface area contributed by atoms with Crippen molar-refractivity contribution in [1.82, 2.24) is 9.91 Å². The zero-order valence-electron chi connectivity index (χ0n) is 10.5. The molecule has 0 atom stereocenters. The van der Waals surface area contributed by atoms with E-state index in [9.17, 15) is 4.79 Å². The van der Waals surface area contributed by atoms with Crippen LogP contribution in [0.5, 0.6) is 0 Å². The van der Waals surface area contributed by atoms with Gasteiger partial charge in [-0.15, -0.1) is 0 Å². The lowest BCUT2D eigenvalue weighted by Crippen LogP contribution is -2.41. The number of piperazine rings is 1. The number of nitrogens with zero attached hydrogens (tertiary/aromatic N) is 3.